The topological polar surface area (TPSA) is 0 Å². The lowest BCUT2D eigenvalue weighted by molar-refractivity contribution is 0.334. The zero-order valence-electron chi connectivity index (χ0n) is 29.5. The lowest BCUT2D eigenvalue weighted by Gasteiger charge is -2.35. The van der Waals surface area contributed by atoms with Gasteiger partial charge in [-0.25, -0.2) is 0 Å². The van der Waals surface area contributed by atoms with Gasteiger partial charge in [-0.15, -0.1) is 37.0 Å². The molecule has 0 aliphatic carbocycles. The molecule has 38 heavy (non-hydrogen) atoms. The van der Waals surface area contributed by atoms with Gasteiger partial charge in [0, 0.05) is 0 Å². The third-order valence-electron chi connectivity index (χ3n) is 8.55. The summed E-state index contributed by atoms with van der Waals surface area (Å²) in [7, 11) is 11.8. The predicted molar refractivity (Wildman–Crippen MR) is 203 cm³/mol. The summed E-state index contributed by atoms with van der Waals surface area (Å²) >= 11 is 0. The molecule has 0 saturated carbocycles. The summed E-state index contributed by atoms with van der Waals surface area (Å²) < 4.78 is 0. The molecule has 0 heterocycles. The van der Waals surface area contributed by atoms with Crippen molar-refractivity contribution in [2.24, 2.45) is 17.8 Å². The molecule has 0 saturated heterocycles. The van der Waals surface area contributed by atoms with Crippen molar-refractivity contribution in [3.05, 3.63) is 0 Å². The van der Waals surface area contributed by atoms with Crippen molar-refractivity contribution in [2.75, 3.05) is 0 Å². The molecule has 0 amide bonds. The van der Waals surface area contributed by atoms with Gasteiger partial charge in [-0.05, 0) is 78.4 Å². The SMILES string of the molecule is CC.CCC(CC)C(P)(CC)CC.CCC(P)C(CC)CC.CCC(P)C(CC)CC.CCCC(P)CC. The molecular weight excluding hydrogens is 532 g/mol. The molecule has 0 rings (SSSR count). The van der Waals surface area contributed by atoms with Crippen molar-refractivity contribution in [1.82, 2.24) is 0 Å². The van der Waals surface area contributed by atoms with Gasteiger partial charge in [0.15, 0.2) is 0 Å². The molecule has 7 atom stereocenters. The lowest BCUT2D eigenvalue weighted by Crippen LogP contribution is -2.28. The highest BCUT2D eigenvalue weighted by atomic mass is 31.0. The third-order valence-corrected chi connectivity index (χ3v) is 12.7. The van der Waals surface area contributed by atoms with Crippen LogP contribution in [-0.2, 0) is 0 Å². The Labute approximate surface area is 256 Å². The zero-order valence-corrected chi connectivity index (χ0v) is 34.1. The highest BCUT2D eigenvalue weighted by Gasteiger charge is 2.27. The molecule has 0 aromatic carbocycles. The van der Waals surface area contributed by atoms with E-state index < -0.39 is 0 Å². The quantitative estimate of drug-likeness (QED) is 0.152. The molecule has 0 N–H and O–H groups in total. The fourth-order valence-corrected chi connectivity index (χ4v) is 6.85. The first-order valence-corrected chi connectivity index (χ1v) is 19.6. The standard InChI is InChI=1S/C10H23P.2C8H19P.C6H15P.C2H6/c1-5-9(6-2)10(11,7-3)8-4;2*1-4-7(5-2)8(9)6-3;1-3-5-6(7)4-2;1-2/h9H,5-8,11H2,1-4H3;2*7-8H,4-6,9H2,1-3H3;6H,3-5,7H2,1-2H3;1-2H3. The fourth-order valence-electron chi connectivity index (χ4n) is 4.96. The maximum absolute atomic E-state index is 3.07. The monoisotopic (exact) mass is 615 g/mol. The molecule has 0 bridgehead atoms. The van der Waals surface area contributed by atoms with Crippen molar-refractivity contribution in [2.45, 2.75) is 203 Å². The molecule has 0 fully saturated rings. The largest absolute Gasteiger partial charge is 0.134 e. The summed E-state index contributed by atoms with van der Waals surface area (Å²) in [6.07, 6.45) is 17.1. The first-order chi connectivity index (χ1) is 18.0. The maximum Gasteiger partial charge on any atom is -0.0127 e. The molecule has 0 aliphatic rings. The normalized spacial score (nSPS) is 13.2. The van der Waals surface area contributed by atoms with Gasteiger partial charge >= 0.3 is 0 Å². The molecule has 7 unspecified atom stereocenters. The summed E-state index contributed by atoms with van der Waals surface area (Å²) in [5.41, 5.74) is 2.56. The Hall–Kier alpha value is 1.72. The minimum Gasteiger partial charge on any atom is -0.134 e. The Bertz CT molecular complexity index is 368. The lowest BCUT2D eigenvalue weighted by atomic mass is 9.83. The molecule has 0 spiro atoms. The third kappa shape index (κ3) is 27.9. The van der Waals surface area contributed by atoms with Crippen LogP contribution in [0.25, 0.3) is 0 Å². The van der Waals surface area contributed by atoms with Crippen molar-refractivity contribution in [3.63, 3.8) is 0 Å². The van der Waals surface area contributed by atoms with Crippen LogP contribution in [0.2, 0.25) is 0 Å². The Balaban J connectivity index is -0.000000126. The highest BCUT2D eigenvalue weighted by Crippen LogP contribution is 2.38. The number of hydrogen-bond donors (Lipinski definition) is 0. The summed E-state index contributed by atoms with van der Waals surface area (Å²) in [5.74, 6) is 2.75. The van der Waals surface area contributed by atoms with Crippen LogP contribution in [0.1, 0.15) is 180 Å². The van der Waals surface area contributed by atoms with Gasteiger partial charge in [0.1, 0.15) is 0 Å². The predicted octanol–water partition coefficient (Wildman–Crippen LogP) is 13.5. The van der Waals surface area contributed by atoms with E-state index in [9.17, 15) is 0 Å². The second kappa shape index (κ2) is 36.7. The molecule has 0 aromatic heterocycles. The van der Waals surface area contributed by atoms with E-state index in [1.54, 1.807) is 0 Å². The smallest absolute Gasteiger partial charge is 0.0127 e. The average Bonchev–Trinajstić information content (AvgIpc) is 2.96. The van der Waals surface area contributed by atoms with Crippen molar-refractivity contribution < 1.29 is 0 Å². The minimum atomic E-state index is 0.517. The van der Waals surface area contributed by atoms with Crippen LogP contribution in [-0.4, -0.2) is 22.1 Å². The van der Waals surface area contributed by atoms with Crippen LogP contribution in [0.3, 0.4) is 0 Å². The summed E-state index contributed by atoms with van der Waals surface area (Å²) in [5, 5.41) is 0.517. The Morgan fingerprint density at radius 3 is 0.868 bits per heavy atom. The van der Waals surface area contributed by atoms with E-state index in [0.717, 1.165) is 34.7 Å². The average molecular weight is 615 g/mol. The van der Waals surface area contributed by atoms with E-state index in [2.05, 4.69) is 120 Å². The Kier molecular flexibility index (Phi) is 47.8. The van der Waals surface area contributed by atoms with Crippen molar-refractivity contribution >= 4 is 37.0 Å². The second-order valence-corrected chi connectivity index (χ2v) is 14.5. The molecule has 0 radical (unpaired) electrons. The van der Waals surface area contributed by atoms with E-state index in [1.807, 2.05) is 13.8 Å². The van der Waals surface area contributed by atoms with Crippen molar-refractivity contribution in [1.29, 1.82) is 0 Å². The Morgan fingerprint density at radius 2 is 0.789 bits per heavy atom. The van der Waals surface area contributed by atoms with E-state index >= 15 is 0 Å². The van der Waals surface area contributed by atoms with Crippen LogP contribution in [0, 0.1) is 17.8 Å². The minimum absolute atomic E-state index is 0.517. The highest BCUT2D eigenvalue weighted by molar-refractivity contribution is 7.19. The molecule has 0 aliphatic heterocycles. The number of hydrogen-bond acceptors (Lipinski definition) is 0. The Morgan fingerprint density at radius 1 is 0.474 bits per heavy atom. The molecule has 238 valence electrons. The van der Waals surface area contributed by atoms with Crippen LogP contribution >= 0.6 is 37.0 Å². The fraction of sp³-hybridized carbons (Fsp3) is 1.00. The molecule has 0 nitrogen and oxygen atoms in total. The van der Waals surface area contributed by atoms with Crippen LogP contribution in [0.15, 0.2) is 0 Å². The first-order valence-electron chi connectivity index (χ1n) is 17.0. The molecule has 4 heteroatoms. The first kappa shape index (κ1) is 49.4. The molecular formula is C34H82P4. The van der Waals surface area contributed by atoms with Crippen LogP contribution in [0.4, 0.5) is 0 Å². The summed E-state index contributed by atoms with van der Waals surface area (Å²) in [6, 6.07) is 0. The second-order valence-electron chi connectivity index (χ2n) is 10.7. The van der Waals surface area contributed by atoms with Gasteiger partial charge in [0.2, 0.25) is 0 Å². The zero-order chi connectivity index (χ0) is 31.2. The van der Waals surface area contributed by atoms with E-state index in [-0.39, 0.29) is 0 Å². The van der Waals surface area contributed by atoms with Crippen molar-refractivity contribution in [3.8, 4) is 0 Å². The van der Waals surface area contributed by atoms with E-state index in [0.29, 0.717) is 5.16 Å². The van der Waals surface area contributed by atoms with Gasteiger partial charge in [-0.2, -0.15) is 0 Å². The van der Waals surface area contributed by atoms with Gasteiger partial charge in [-0.3, -0.25) is 0 Å². The molecule has 0 aromatic rings. The number of rotatable bonds is 16. The maximum atomic E-state index is 3.07. The van der Waals surface area contributed by atoms with E-state index in [4.69, 9.17) is 0 Å². The van der Waals surface area contributed by atoms with Gasteiger partial charge in [-0.1, -0.05) is 142 Å². The summed E-state index contributed by atoms with van der Waals surface area (Å²) in [6.45, 7) is 31.3. The van der Waals surface area contributed by atoms with Crippen LogP contribution in [0.5, 0.6) is 0 Å². The van der Waals surface area contributed by atoms with Crippen LogP contribution < -0.4 is 0 Å². The summed E-state index contributed by atoms with van der Waals surface area (Å²) in [4.78, 5) is 0. The van der Waals surface area contributed by atoms with E-state index in [1.165, 1.54) is 83.5 Å². The van der Waals surface area contributed by atoms with Gasteiger partial charge < -0.3 is 0 Å². The van der Waals surface area contributed by atoms with Gasteiger partial charge in [0.05, 0.1) is 0 Å². The van der Waals surface area contributed by atoms with Gasteiger partial charge in [0.25, 0.3) is 0 Å².